The second-order valence-electron chi connectivity index (χ2n) is 7.83. The van der Waals surface area contributed by atoms with Gasteiger partial charge in [-0.25, -0.2) is 9.50 Å². The number of nitrogens with zero attached hydrogens (tertiary/aromatic N) is 5. The number of para-hydroxylation sites is 1. The van der Waals surface area contributed by atoms with Crippen molar-refractivity contribution >= 4 is 16.6 Å². The van der Waals surface area contributed by atoms with Crippen molar-refractivity contribution < 1.29 is 0 Å². The minimum absolute atomic E-state index is 0.430. The SMILES string of the molecule is Cc1cc2ncc3c(n2n1)C[C@H]1CC[C@@H]3N1Cc1cccc2cccnc12. The van der Waals surface area contributed by atoms with Crippen LogP contribution in [0.25, 0.3) is 16.6 Å². The zero-order chi connectivity index (χ0) is 18.0. The number of hydrogen-bond donors (Lipinski definition) is 0. The van der Waals surface area contributed by atoms with E-state index < -0.39 is 0 Å². The standard InChI is InChI=1S/C22H21N5/c1-14-10-21-24-12-18-19-8-7-17(11-20(18)27(21)25-14)26(19)13-16-5-2-4-15-6-3-9-23-22(15)16/h2-6,9-10,12,17,19H,7-8,11,13H2,1H3/t17-,19+/m1/s1. The Kier molecular flexibility index (Phi) is 3.17. The van der Waals surface area contributed by atoms with Crippen LogP contribution in [0.15, 0.2) is 48.8 Å². The normalized spacial score (nSPS) is 21.8. The van der Waals surface area contributed by atoms with Gasteiger partial charge in [-0.05, 0) is 31.4 Å². The fourth-order valence-electron chi connectivity index (χ4n) is 5.04. The first kappa shape index (κ1) is 15.3. The first-order chi connectivity index (χ1) is 13.3. The minimum Gasteiger partial charge on any atom is -0.289 e. The fraction of sp³-hybridized carbons (Fsp3) is 0.318. The maximum atomic E-state index is 4.70. The maximum absolute atomic E-state index is 4.70. The third-order valence-electron chi connectivity index (χ3n) is 6.24. The van der Waals surface area contributed by atoms with Crippen molar-refractivity contribution in [3.63, 3.8) is 0 Å². The summed E-state index contributed by atoms with van der Waals surface area (Å²) in [6, 6.07) is 13.7. The number of rotatable bonds is 2. The molecular formula is C22H21N5. The molecule has 5 heteroatoms. The van der Waals surface area contributed by atoms with Gasteiger partial charge < -0.3 is 0 Å². The van der Waals surface area contributed by atoms with Crippen LogP contribution in [0, 0.1) is 6.92 Å². The van der Waals surface area contributed by atoms with E-state index in [1.54, 1.807) is 0 Å². The van der Waals surface area contributed by atoms with E-state index in [4.69, 9.17) is 5.10 Å². The lowest BCUT2D eigenvalue weighted by atomic mass is 9.98. The average Bonchev–Trinajstić information content (AvgIpc) is 3.20. The van der Waals surface area contributed by atoms with Crippen LogP contribution in [0.3, 0.4) is 0 Å². The van der Waals surface area contributed by atoms with Crippen LogP contribution in [0.2, 0.25) is 0 Å². The Bertz CT molecular complexity index is 1170. The summed E-state index contributed by atoms with van der Waals surface area (Å²) in [6.07, 6.45) is 7.46. The van der Waals surface area contributed by atoms with E-state index in [-0.39, 0.29) is 0 Å². The Morgan fingerprint density at radius 3 is 3.00 bits per heavy atom. The summed E-state index contributed by atoms with van der Waals surface area (Å²) in [5.41, 5.74) is 7.16. The van der Waals surface area contributed by atoms with E-state index >= 15 is 0 Å². The molecule has 1 aromatic carbocycles. The molecule has 1 fully saturated rings. The van der Waals surface area contributed by atoms with Crippen molar-refractivity contribution in [2.24, 2.45) is 0 Å². The summed E-state index contributed by atoms with van der Waals surface area (Å²) >= 11 is 0. The largest absolute Gasteiger partial charge is 0.289 e. The second kappa shape index (κ2) is 5.60. The van der Waals surface area contributed by atoms with E-state index in [0.29, 0.717) is 12.1 Å². The van der Waals surface area contributed by atoms with Crippen molar-refractivity contribution in [1.29, 1.82) is 0 Å². The molecule has 0 spiro atoms. The Hall–Kier alpha value is -2.79. The molecule has 0 saturated carbocycles. The predicted octanol–water partition coefficient (Wildman–Crippen LogP) is 3.85. The van der Waals surface area contributed by atoms with Crippen molar-refractivity contribution in [2.75, 3.05) is 0 Å². The van der Waals surface area contributed by atoms with Crippen LogP contribution >= 0.6 is 0 Å². The number of fused-ring (bicyclic) bond motifs is 7. The number of benzene rings is 1. The zero-order valence-electron chi connectivity index (χ0n) is 15.3. The Balaban J connectivity index is 1.42. The number of aromatic nitrogens is 4. The molecule has 0 radical (unpaired) electrons. The monoisotopic (exact) mass is 355 g/mol. The van der Waals surface area contributed by atoms with Crippen molar-refractivity contribution in [3.05, 3.63) is 71.3 Å². The first-order valence-corrected chi connectivity index (χ1v) is 9.70. The maximum Gasteiger partial charge on any atom is 0.155 e. The number of hydrogen-bond acceptors (Lipinski definition) is 4. The molecule has 5 nitrogen and oxygen atoms in total. The van der Waals surface area contributed by atoms with Gasteiger partial charge in [0.05, 0.1) is 16.9 Å². The van der Waals surface area contributed by atoms with E-state index in [0.717, 1.165) is 29.8 Å². The van der Waals surface area contributed by atoms with Gasteiger partial charge in [0.1, 0.15) is 0 Å². The molecule has 134 valence electrons. The van der Waals surface area contributed by atoms with Crippen LogP contribution in [0.1, 0.15) is 41.4 Å². The quantitative estimate of drug-likeness (QED) is 0.548. The highest BCUT2D eigenvalue weighted by Crippen LogP contribution is 2.44. The predicted molar refractivity (Wildman–Crippen MR) is 104 cm³/mol. The van der Waals surface area contributed by atoms with Gasteiger partial charge in [-0.3, -0.25) is 9.88 Å². The van der Waals surface area contributed by atoms with Crippen LogP contribution in [-0.2, 0) is 13.0 Å². The lowest BCUT2D eigenvalue weighted by Crippen LogP contribution is -2.38. The summed E-state index contributed by atoms with van der Waals surface area (Å²) in [6.45, 7) is 2.98. The van der Waals surface area contributed by atoms with E-state index in [2.05, 4.69) is 55.9 Å². The molecule has 2 aliphatic heterocycles. The third kappa shape index (κ3) is 2.24. The summed E-state index contributed by atoms with van der Waals surface area (Å²) in [4.78, 5) is 12.0. The van der Waals surface area contributed by atoms with Gasteiger partial charge in [-0.2, -0.15) is 5.10 Å². The van der Waals surface area contributed by atoms with Crippen LogP contribution in [0.5, 0.6) is 0 Å². The summed E-state index contributed by atoms with van der Waals surface area (Å²) < 4.78 is 2.08. The smallest absolute Gasteiger partial charge is 0.155 e. The minimum atomic E-state index is 0.430. The molecule has 5 heterocycles. The molecule has 2 aliphatic rings. The van der Waals surface area contributed by atoms with Crippen molar-refractivity contribution in [2.45, 2.75) is 44.8 Å². The molecular weight excluding hydrogens is 334 g/mol. The number of pyridine rings is 1. The van der Waals surface area contributed by atoms with Gasteiger partial charge in [0.15, 0.2) is 5.65 Å². The Labute approximate surface area is 157 Å². The van der Waals surface area contributed by atoms with Crippen LogP contribution in [-0.4, -0.2) is 30.5 Å². The van der Waals surface area contributed by atoms with Crippen LogP contribution in [0.4, 0.5) is 0 Å². The molecule has 4 aromatic rings. The molecule has 0 N–H and O–H groups in total. The third-order valence-corrected chi connectivity index (χ3v) is 6.24. The van der Waals surface area contributed by atoms with E-state index in [9.17, 15) is 0 Å². The molecule has 0 aliphatic carbocycles. The van der Waals surface area contributed by atoms with Gasteiger partial charge in [0.25, 0.3) is 0 Å². The second-order valence-corrected chi connectivity index (χ2v) is 7.83. The van der Waals surface area contributed by atoms with Crippen molar-refractivity contribution in [3.8, 4) is 0 Å². The molecule has 1 saturated heterocycles. The first-order valence-electron chi connectivity index (χ1n) is 9.70. The molecule has 2 atom stereocenters. The highest BCUT2D eigenvalue weighted by atomic mass is 15.3. The summed E-state index contributed by atoms with van der Waals surface area (Å²) in [5.74, 6) is 0. The van der Waals surface area contributed by atoms with Crippen LogP contribution < -0.4 is 0 Å². The molecule has 6 rings (SSSR count). The topological polar surface area (TPSA) is 46.3 Å². The Morgan fingerprint density at radius 1 is 1.11 bits per heavy atom. The molecule has 3 aromatic heterocycles. The summed E-state index contributed by atoms with van der Waals surface area (Å²) in [5, 5.41) is 5.92. The van der Waals surface area contributed by atoms with Gasteiger partial charge in [0, 0.05) is 54.5 Å². The highest BCUT2D eigenvalue weighted by molar-refractivity contribution is 5.81. The lowest BCUT2D eigenvalue weighted by molar-refractivity contribution is 0.165. The molecule has 0 amide bonds. The molecule has 2 bridgehead atoms. The van der Waals surface area contributed by atoms with Gasteiger partial charge in [0.2, 0.25) is 0 Å². The average molecular weight is 355 g/mol. The molecule has 27 heavy (non-hydrogen) atoms. The zero-order valence-corrected chi connectivity index (χ0v) is 15.3. The molecule has 0 unspecified atom stereocenters. The van der Waals surface area contributed by atoms with Crippen molar-refractivity contribution in [1.82, 2.24) is 24.5 Å². The fourth-order valence-corrected chi connectivity index (χ4v) is 5.04. The van der Waals surface area contributed by atoms with Gasteiger partial charge in [-0.15, -0.1) is 0 Å². The van der Waals surface area contributed by atoms with Gasteiger partial charge >= 0.3 is 0 Å². The lowest BCUT2D eigenvalue weighted by Gasteiger charge is -2.36. The Morgan fingerprint density at radius 2 is 2.04 bits per heavy atom. The van der Waals surface area contributed by atoms with E-state index in [1.165, 1.54) is 35.0 Å². The van der Waals surface area contributed by atoms with E-state index in [1.807, 2.05) is 19.2 Å². The highest BCUT2D eigenvalue weighted by Gasteiger charge is 2.41. The number of aryl methyl sites for hydroxylation is 1. The van der Waals surface area contributed by atoms with Gasteiger partial charge in [-0.1, -0.05) is 24.3 Å². The summed E-state index contributed by atoms with van der Waals surface area (Å²) in [7, 11) is 0.